The molecule has 0 bridgehead atoms. The van der Waals surface area contributed by atoms with Crippen LogP contribution in [0.1, 0.15) is 0 Å². The average molecular weight is 196 g/mol. The predicted molar refractivity (Wildman–Crippen MR) is 21.1 cm³/mol. The van der Waals surface area contributed by atoms with E-state index in [2.05, 4.69) is 4.74 Å². The molecule has 2 N–H and O–H groups in total. The maximum Gasteiger partial charge on any atom is 0.319 e. The molecule has 0 heterocycles. The Morgan fingerprint density at radius 1 is 1.86 bits per heavy atom. The molecule has 0 aromatic carbocycles. The monoisotopic (exact) mass is 195 g/mol. The molecule has 0 aliphatic carbocycles. The molecule has 4 heteroatoms. The molecule has 0 amide bonds. The number of esters is 1. The normalized spacial score (nSPS) is 6.57. The topological polar surface area (TPSA) is 52.3 Å². The molecular weight excluding hydrogens is 188 g/mol. The van der Waals surface area contributed by atoms with Crippen LogP contribution in [-0.2, 0) is 30.0 Å². The van der Waals surface area contributed by atoms with Crippen molar-refractivity contribution in [1.82, 2.24) is 0 Å². The van der Waals surface area contributed by atoms with Gasteiger partial charge in [-0.2, -0.15) is 0 Å². The van der Waals surface area contributed by atoms with E-state index in [1.165, 1.54) is 7.11 Å². The summed E-state index contributed by atoms with van der Waals surface area (Å²) in [5, 5.41) is 0. The first-order chi connectivity index (χ1) is 2.81. The predicted octanol–water partition coefficient (Wildman–Crippen LogP) is -0.884. The zero-order valence-corrected chi connectivity index (χ0v) is 5.47. The molecule has 0 atom stereocenters. The molecule has 0 aromatic heterocycles. The second-order valence-electron chi connectivity index (χ2n) is 0.780. The molecule has 0 radical (unpaired) electrons. The van der Waals surface area contributed by atoms with Gasteiger partial charge in [0.2, 0.25) is 0 Å². The average Bonchev–Trinajstić information content (AvgIpc) is 1.65. The van der Waals surface area contributed by atoms with E-state index < -0.39 is 0 Å². The van der Waals surface area contributed by atoms with E-state index in [-0.39, 0.29) is 32.9 Å². The van der Waals surface area contributed by atoms with Gasteiger partial charge in [0.05, 0.1) is 13.7 Å². The Kier molecular flexibility index (Phi) is 8.84. The van der Waals surface area contributed by atoms with Crippen LogP contribution in [0.3, 0.4) is 0 Å². The second kappa shape index (κ2) is 6.09. The molecule has 46 valence electrons. The van der Waals surface area contributed by atoms with Gasteiger partial charge in [0.1, 0.15) is 0 Å². The third-order valence-electron chi connectivity index (χ3n) is 0.394. The van der Waals surface area contributed by atoms with Crippen molar-refractivity contribution in [3.63, 3.8) is 0 Å². The maximum absolute atomic E-state index is 9.83. The zero-order chi connectivity index (χ0) is 4.99. The smallest absolute Gasteiger partial charge is 0.319 e. The fraction of sp³-hybridized carbons (Fsp3) is 0.667. The largest absolute Gasteiger partial charge is 0.468 e. The Labute approximate surface area is 55.9 Å². The zero-order valence-electron chi connectivity index (χ0n) is 3.92. The summed E-state index contributed by atoms with van der Waals surface area (Å²) in [5.41, 5.74) is 4.81. The van der Waals surface area contributed by atoms with Crippen molar-refractivity contribution in [2.75, 3.05) is 13.7 Å². The summed E-state index contributed by atoms with van der Waals surface area (Å²) in [6.07, 6.45) is 0. The Morgan fingerprint density at radius 3 is 2.29 bits per heavy atom. The number of carbonyl (C=O) groups excluding carboxylic acids is 1. The van der Waals surface area contributed by atoms with Crippen LogP contribution in [-0.4, -0.2) is 19.6 Å². The summed E-state index contributed by atoms with van der Waals surface area (Å²) >= 11 is 0. The molecule has 0 rings (SSSR count). The molecule has 7 heavy (non-hydrogen) atoms. The van der Waals surface area contributed by atoms with E-state index in [0.717, 1.165) is 0 Å². The molecule has 0 saturated heterocycles. The Bertz CT molecular complexity index is 50.9. The summed E-state index contributed by atoms with van der Waals surface area (Å²) in [6.45, 7) is -0.0312. The Morgan fingerprint density at radius 2 is 2.29 bits per heavy atom. The van der Waals surface area contributed by atoms with Crippen LogP contribution in [0.4, 0.5) is 0 Å². The maximum atomic E-state index is 9.83. The minimum absolute atomic E-state index is 0. The molecular formula is C3H7NO2Pd. The first-order valence-corrected chi connectivity index (χ1v) is 1.58. The quantitative estimate of drug-likeness (QED) is 0.437. The SMILES string of the molecule is COC(=O)CN.[Pd]. The van der Waals surface area contributed by atoms with Crippen LogP contribution in [0.5, 0.6) is 0 Å². The van der Waals surface area contributed by atoms with Crippen molar-refractivity contribution in [3.05, 3.63) is 0 Å². The van der Waals surface area contributed by atoms with Gasteiger partial charge in [-0.05, 0) is 0 Å². The molecule has 0 spiro atoms. The third kappa shape index (κ3) is 6.09. The summed E-state index contributed by atoms with van der Waals surface area (Å²) in [4.78, 5) is 9.83. The van der Waals surface area contributed by atoms with Gasteiger partial charge in [0.25, 0.3) is 0 Å². The van der Waals surface area contributed by atoms with Crippen molar-refractivity contribution in [3.8, 4) is 0 Å². The molecule has 0 saturated carbocycles. The Hall–Kier alpha value is 0.0923. The summed E-state index contributed by atoms with van der Waals surface area (Å²) < 4.78 is 4.14. The van der Waals surface area contributed by atoms with Gasteiger partial charge in [-0.1, -0.05) is 0 Å². The van der Waals surface area contributed by atoms with Crippen molar-refractivity contribution in [1.29, 1.82) is 0 Å². The first kappa shape index (κ1) is 10.2. The summed E-state index contributed by atoms with van der Waals surface area (Å²) in [7, 11) is 1.30. The fourth-order valence-corrected chi connectivity index (χ4v) is 0.0833. The number of nitrogens with two attached hydrogens (primary N) is 1. The van der Waals surface area contributed by atoms with Gasteiger partial charge in [-0.25, -0.2) is 0 Å². The number of hydrogen-bond donors (Lipinski definition) is 1. The minimum atomic E-state index is -0.380. The van der Waals surface area contributed by atoms with Gasteiger partial charge >= 0.3 is 5.97 Å². The van der Waals surface area contributed by atoms with Gasteiger partial charge in [0.15, 0.2) is 0 Å². The van der Waals surface area contributed by atoms with E-state index in [1.807, 2.05) is 0 Å². The van der Waals surface area contributed by atoms with E-state index in [4.69, 9.17) is 5.73 Å². The van der Waals surface area contributed by atoms with Gasteiger partial charge < -0.3 is 10.5 Å². The van der Waals surface area contributed by atoms with Gasteiger partial charge in [-0.3, -0.25) is 4.79 Å². The fourth-order valence-electron chi connectivity index (χ4n) is 0.0833. The van der Waals surface area contributed by atoms with Gasteiger partial charge in [0, 0.05) is 20.4 Å². The van der Waals surface area contributed by atoms with Crippen LogP contribution in [0, 0.1) is 0 Å². The molecule has 0 aliphatic heterocycles. The van der Waals surface area contributed by atoms with Crippen LogP contribution >= 0.6 is 0 Å². The molecule has 0 aromatic rings. The number of rotatable bonds is 1. The Balaban J connectivity index is 0. The molecule has 3 nitrogen and oxygen atoms in total. The first-order valence-electron chi connectivity index (χ1n) is 1.58. The molecule has 0 aliphatic rings. The van der Waals surface area contributed by atoms with E-state index in [0.29, 0.717) is 0 Å². The molecule has 0 fully saturated rings. The number of hydrogen-bond acceptors (Lipinski definition) is 3. The van der Waals surface area contributed by atoms with Crippen molar-refractivity contribution < 1.29 is 30.0 Å². The number of ether oxygens (including phenoxy) is 1. The van der Waals surface area contributed by atoms with Crippen molar-refractivity contribution in [2.24, 2.45) is 5.73 Å². The van der Waals surface area contributed by atoms with Gasteiger partial charge in [-0.15, -0.1) is 0 Å². The van der Waals surface area contributed by atoms with Crippen LogP contribution in [0.25, 0.3) is 0 Å². The number of methoxy groups -OCH3 is 1. The van der Waals surface area contributed by atoms with Crippen LogP contribution in [0.15, 0.2) is 0 Å². The molecule has 0 unspecified atom stereocenters. The summed E-state index contributed by atoms with van der Waals surface area (Å²) in [6, 6.07) is 0. The third-order valence-corrected chi connectivity index (χ3v) is 0.394. The van der Waals surface area contributed by atoms with Crippen LogP contribution < -0.4 is 5.73 Å². The van der Waals surface area contributed by atoms with Crippen molar-refractivity contribution >= 4 is 5.97 Å². The standard InChI is InChI=1S/C3H7NO2.Pd/c1-6-3(5)2-4;/h2,4H2,1H3;. The van der Waals surface area contributed by atoms with Crippen molar-refractivity contribution in [2.45, 2.75) is 0 Å². The number of carbonyl (C=O) groups is 1. The van der Waals surface area contributed by atoms with E-state index in [1.54, 1.807) is 0 Å². The minimum Gasteiger partial charge on any atom is -0.468 e. The van der Waals surface area contributed by atoms with Crippen LogP contribution in [0.2, 0.25) is 0 Å². The van der Waals surface area contributed by atoms with E-state index in [9.17, 15) is 4.79 Å². The van der Waals surface area contributed by atoms with E-state index >= 15 is 0 Å². The summed E-state index contributed by atoms with van der Waals surface area (Å²) in [5.74, 6) is -0.380. The second-order valence-corrected chi connectivity index (χ2v) is 0.780.